The molecule has 0 fully saturated rings. The van der Waals surface area contributed by atoms with Crippen LogP contribution < -0.4 is 10.1 Å². The first-order valence-electron chi connectivity index (χ1n) is 4.54. The van der Waals surface area contributed by atoms with Crippen molar-refractivity contribution in [3.63, 3.8) is 0 Å². The zero-order valence-electron chi connectivity index (χ0n) is 8.79. The number of hydrogen-bond donors (Lipinski definition) is 1. The molecule has 1 rings (SSSR count). The zero-order valence-corrected chi connectivity index (χ0v) is 8.79. The van der Waals surface area contributed by atoms with Crippen molar-refractivity contribution >= 4 is 5.69 Å². The van der Waals surface area contributed by atoms with E-state index in [9.17, 15) is 0 Å². The van der Waals surface area contributed by atoms with Crippen LogP contribution in [-0.4, -0.2) is 13.2 Å². The van der Waals surface area contributed by atoms with Gasteiger partial charge in [0.25, 0.3) is 0 Å². The van der Waals surface area contributed by atoms with Gasteiger partial charge in [0.2, 0.25) is 0 Å². The van der Waals surface area contributed by atoms with Crippen molar-refractivity contribution in [3.05, 3.63) is 23.8 Å². The van der Waals surface area contributed by atoms with Crippen LogP contribution in [0.1, 0.15) is 12.5 Å². The van der Waals surface area contributed by atoms with Crippen LogP contribution in [0.4, 0.5) is 5.69 Å². The van der Waals surface area contributed by atoms with Gasteiger partial charge in [-0.25, -0.2) is 0 Å². The Hall–Kier alpha value is -1.62. The van der Waals surface area contributed by atoms with Gasteiger partial charge in [0.1, 0.15) is 5.75 Å². The van der Waals surface area contributed by atoms with Crippen molar-refractivity contribution in [2.45, 2.75) is 19.9 Å². The van der Waals surface area contributed by atoms with E-state index >= 15 is 0 Å². The van der Waals surface area contributed by atoms with E-state index in [4.69, 9.17) is 11.2 Å². The lowest BCUT2D eigenvalue weighted by molar-refractivity contribution is 0.416. The third kappa shape index (κ3) is 2.43. The summed E-state index contributed by atoms with van der Waals surface area (Å²) in [5.74, 6) is 3.43. The Kier molecular flexibility index (Phi) is 3.41. The molecular weight excluding hydrogens is 174 g/mol. The van der Waals surface area contributed by atoms with Crippen molar-refractivity contribution < 1.29 is 4.74 Å². The van der Waals surface area contributed by atoms with Crippen molar-refractivity contribution in [3.8, 4) is 18.1 Å². The Balaban J connectivity index is 2.94. The SMILES string of the molecule is C#CC(C)Nc1cc(C)ccc1OC. The van der Waals surface area contributed by atoms with Crippen molar-refractivity contribution in [2.24, 2.45) is 0 Å². The fraction of sp³-hybridized carbons (Fsp3) is 0.333. The highest BCUT2D eigenvalue weighted by molar-refractivity contribution is 5.59. The van der Waals surface area contributed by atoms with E-state index in [-0.39, 0.29) is 6.04 Å². The molecule has 0 aliphatic heterocycles. The molecule has 0 aromatic heterocycles. The van der Waals surface area contributed by atoms with E-state index in [0.29, 0.717) is 0 Å². The second-order valence-corrected chi connectivity index (χ2v) is 3.24. The summed E-state index contributed by atoms with van der Waals surface area (Å²) in [7, 11) is 1.65. The Bertz CT molecular complexity index is 352. The number of ether oxygens (including phenoxy) is 1. The standard InChI is InChI=1S/C12H15NO/c1-5-10(3)13-11-8-9(2)6-7-12(11)14-4/h1,6-8,10,13H,2-4H3. The maximum atomic E-state index is 5.30. The number of nitrogens with one attached hydrogen (secondary N) is 1. The smallest absolute Gasteiger partial charge is 0.142 e. The highest BCUT2D eigenvalue weighted by atomic mass is 16.5. The van der Waals surface area contributed by atoms with E-state index in [1.165, 1.54) is 5.56 Å². The van der Waals surface area contributed by atoms with E-state index < -0.39 is 0 Å². The Morgan fingerprint density at radius 2 is 2.21 bits per heavy atom. The van der Waals surface area contributed by atoms with Gasteiger partial charge in [-0.1, -0.05) is 12.0 Å². The van der Waals surface area contributed by atoms with Crippen LogP contribution in [-0.2, 0) is 0 Å². The van der Waals surface area contributed by atoms with Crippen LogP contribution in [0.2, 0.25) is 0 Å². The Labute approximate surface area is 85.3 Å². The molecular formula is C12H15NO. The molecule has 0 spiro atoms. The number of methoxy groups -OCH3 is 1. The summed E-state index contributed by atoms with van der Waals surface area (Å²) in [6.45, 7) is 3.97. The fourth-order valence-electron chi connectivity index (χ4n) is 1.21. The summed E-state index contributed by atoms with van der Waals surface area (Å²) < 4.78 is 5.21. The summed E-state index contributed by atoms with van der Waals surface area (Å²) in [4.78, 5) is 0. The molecule has 0 bridgehead atoms. The van der Waals surface area contributed by atoms with Gasteiger partial charge in [0.05, 0.1) is 18.8 Å². The summed E-state index contributed by atoms with van der Waals surface area (Å²) in [6, 6.07) is 5.96. The minimum Gasteiger partial charge on any atom is -0.495 e. The predicted octanol–water partition coefficient (Wildman–Crippen LogP) is 2.44. The molecule has 0 saturated heterocycles. The third-order valence-corrected chi connectivity index (χ3v) is 1.98. The minimum absolute atomic E-state index is 0.00528. The van der Waals surface area contributed by atoms with Gasteiger partial charge in [-0.05, 0) is 31.5 Å². The van der Waals surface area contributed by atoms with Crippen molar-refractivity contribution in [1.29, 1.82) is 0 Å². The molecule has 1 unspecified atom stereocenters. The second kappa shape index (κ2) is 4.57. The van der Waals surface area contributed by atoms with Gasteiger partial charge in [-0.2, -0.15) is 0 Å². The zero-order chi connectivity index (χ0) is 10.6. The van der Waals surface area contributed by atoms with Gasteiger partial charge in [-0.15, -0.1) is 6.42 Å². The van der Waals surface area contributed by atoms with Crippen LogP contribution in [0.25, 0.3) is 0 Å². The van der Waals surface area contributed by atoms with Gasteiger partial charge in [0, 0.05) is 0 Å². The van der Waals surface area contributed by atoms with Crippen LogP contribution in [0, 0.1) is 19.3 Å². The van der Waals surface area contributed by atoms with E-state index in [2.05, 4.69) is 11.2 Å². The van der Waals surface area contributed by atoms with Crippen molar-refractivity contribution in [2.75, 3.05) is 12.4 Å². The highest BCUT2D eigenvalue weighted by Crippen LogP contribution is 2.25. The van der Waals surface area contributed by atoms with Gasteiger partial charge >= 0.3 is 0 Å². The van der Waals surface area contributed by atoms with E-state index in [1.54, 1.807) is 7.11 Å². The monoisotopic (exact) mass is 189 g/mol. The molecule has 0 aliphatic rings. The van der Waals surface area contributed by atoms with Gasteiger partial charge in [-0.3, -0.25) is 0 Å². The second-order valence-electron chi connectivity index (χ2n) is 3.24. The molecule has 1 aromatic rings. The molecule has 0 aliphatic carbocycles. The highest BCUT2D eigenvalue weighted by Gasteiger charge is 2.04. The van der Waals surface area contributed by atoms with E-state index in [0.717, 1.165) is 11.4 Å². The average molecular weight is 189 g/mol. The van der Waals surface area contributed by atoms with Crippen LogP contribution in [0.15, 0.2) is 18.2 Å². The maximum absolute atomic E-state index is 5.30. The first-order chi connectivity index (χ1) is 6.67. The predicted molar refractivity (Wildman–Crippen MR) is 59.6 cm³/mol. The molecule has 0 radical (unpaired) electrons. The van der Waals surface area contributed by atoms with Crippen LogP contribution in [0.5, 0.6) is 5.75 Å². The molecule has 74 valence electrons. The number of benzene rings is 1. The molecule has 2 nitrogen and oxygen atoms in total. The fourth-order valence-corrected chi connectivity index (χ4v) is 1.21. The van der Waals surface area contributed by atoms with E-state index in [1.807, 2.05) is 32.0 Å². The van der Waals surface area contributed by atoms with Crippen molar-refractivity contribution in [1.82, 2.24) is 0 Å². The third-order valence-electron chi connectivity index (χ3n) is 1.98. The molecule has 0 saturated carbocycles. The largest absolute Gasteiger partial charge is 0.495 e. The average Bonchev–Trinajstić information content (AvgIpc) is 2.18. The lowest BCUT2D eigenvalue weighted by Crippen LogP contribution is -2.12. The number of rotatable bonds is 3. The quantitative estimate of drug-likeness (QED) is 0.737. The van der Waals surface area contributed by atoms with Gasteiger partial charge < -0.3 is 10.1 Å². The molecule has 1 atom stereocenters. The van der Waals surface area contributed by atoms with Gasteiger partial charge in [0.15, 0.2) is 0 Å². The maximum Gasteiger partial charge on any atom is 0.142 e. The summed E-state index contributed by atoms with van der Waals surface area (Å²) in [5, 5.41) is 3.19. The summed E-state index contributed by atoms with van der Waals surface area (Å²) >= 11 is 0. The molecule has 14 heavy (non-hydrogen) atoms. The number of terminal acetylenes is 1. The lowest BCUT2D eigenvalue weighted by Gasteiger charge is -2.13. The molecule has 0 amide bonds. The van der Waals surface area contributed by atoms with Crippen LogP contribution in [0.3, 0.4) is 0 Å². The first kappa shape index (κ1) is 10.5. The normalized spacial score (nSPS) is 11.6. The Morgan fingerprint density at radius 3 is 2.79 bits per heavy atom. The van der Waals surface area contributed by atoms with Crippen LogP contribution >= 0.6 is 0 Å². The molecule has 1 aromatic carbocycles. The number of aryl methyl sites for hydroxylation is 1. The molecule has 0 heterocycles. The molecule has 2 heteroatoms. The number of hydrogen-bond acceptors (Lipinski definition) is 2. The minimum atomic E-state index is 0.00528. The first-order valence-corrected chi connectivity index (χ1v) is 4.54. The summed E-state index contributed by atoms with van der Waals surface area (Å²) in [5.41, 5.74) is 2.12. The molecule has 1 N–H and O–H groups in total. The lowest BCUT2D eigenvalue weighted by atomic mass is 10.2. The summed E-state index contributed by atoms with van der Waals surface area (Å²) in [6.07, 6.45) is 5.30. The Morgan fingerprint density at radius 1 is 1.50 bits per heavy atom. The number of anilines is 1. The topological polar surface area (TPSA) is 21.3 Å².